The van der Waals surface area contributed by atoms with Gasteiger partial charge in [-0.3, -0.25) is 4.79 Å². The Balaban J connectivity index is 2.06. The van der Waals surface area contributed by atoms with E-state index >= 15 is 0 Å². The van der Waals surface area contributed by atoms with Crippen molar-refractivity contribution in [3.05, 3.63) is 65.5 Å². The molecular formula is C18H17F4NO3. The lowest BCUT2D eigenvalue weighted by Gasteiger charge is -2.29. The minimum Gasteiger partial charge on any atom is -0.406 e. The van der Waals surface area contributed by atoms with Crippen LogP contribution in [0.15, 0.2) is 48.5 Å². The van der Waals surface area contributed by atoms with Crippen LogP contribution in [0.2, 0.25) is 0 Å². The average Bonchev–Trinajstić information content (AvgIpc) is 2.59. The summed E-state index contributed by atoms with van der Waals surface area (Å²) >= 11 is 0. The molecule has 0 bridgehead atoms. The monoisotopic (exact) mass is 371 g/mol. The van der Waals surface area contributed by atoms with E-state index in [0.29, 0.717) is 0 Å². The normalized spacial score (nSPS) is 13.8. The average molecular weight is 371 g/mol. The van der Waals surface area contributed by atoms with E-state index in [9.17, 15) is 22.4 Å². The molecule has 0 fully saturated rings. The van der Waals surface area contributed by atoms with Crippen molar-refractivity contribution >= 4 is 5.91 Å². The Bertz CT molecular complexity index is 762. The molecule has 1 amide bonds. The van der Waals surface area contributed by atoms with Crippen molar-refractivity contribution in [3.63, 3.8) is 0 Å². The number of halogens is 4. The van der Waals surface area contributed by atoms with Gasteiger partial charge in [-0.1, -0.05) is 18.2 Å². The first-order chi connectivity index (χ1) is 12.1. The zero-order valence-electron chi connectivity index (χ0n) is 14.1. The first-order valence-corrected chi connectivity index (χ1v) is 7.59. The van der Waals surface area contributed by atoms with Crippen LogP contribution in [0.3, 0.4) is 0 Å². The first kappa shape index (κ1) is 19.7. The van der Waals surface area contributed by atoms with Gasteiger partial charge in [0, 0.05) is 18.2 Å². The molecule has 0 spiro atoms. The summed E-state index contributed by atoms with van der Waals surface area (Å²) in [5.74, 6) is -1.44. The second-order valence-electron chi connectivity index (χ2n) is 5.67. The molecule has 0 aliphatic carbocycles. The molecule has 4 nitrogen and oxygen atoms in total. The van der Waals surface area contributed by atoms with Crippen molar-refractivity contribution in [2.24, 2.45) is 0 Å². The Kier molecular flexibility index (Phi) is 5.86. The summed E-state index contributed by atoms with van der Waals surface area (Å²) in [5.41, 5.74) is -0.705. The molecule has 140 valence electrons. The Morgan fingerprint density at radius 1 is 1.08 bits per heavy atom. The third-order valence-corrected chi connectivity index (χ3v) is 3.83. The van der Waals surface area contributed by atoms with Crippen molar-refractivity contribution in [2.75, 3.05) is 13.7 Å². The molecule has 0 aliphatic heterocycles. The molecular weight excluding hydrogens is 354 g/mol. The van der Waals surface area contributed by atoms with Crippen LogP contribution in [0, 0.1) is 5.82 Å². The van der Waals surface area contributed by atoms with Gasteiger partial charge < -0.3 is 14.8 Å². The Labute approximate surface area is 147 Å². The Morgan fingerprint density at radius 2 is 1.69 bits per heavy atom. The lowest BCUT2D eigenvalue weighted by Crippen LogP contribution is -2.40. The molecule has 2 aromatic rings. The number of benzene rings is 2. The lowest BCUT2D eigenvalue weighted by molar-refractivity contribution is -0.274. The predicted molar refractivity (Wildman–Crippen MR) is 86.2 cm³/mol. The molecule has 0 radical (unpaired) electrons. The van der Waals surface area contributed by atoms with Crippen LogP contribution < -0.4 is 10.1 Å². The van der Waals surface area contributed by atoms with E-state index in [0.717, 1.165) is 12.1 Å². The number of carbonyl (C=O) groups is 1. The summed E-state index contributed by atoms with van der Waals surface area (Å²) in [6.45, 7) is 1.58. The van der Waals surface area contributed by atoms with E-state index in [1.165, 1.54) is 31.4 Å². The highest BCUT2D eigenvalue weighted by atomic mass is 19.4. The van der Waals surface area contributed by atoms with Gasteiger partial charge in [-0.25, -0.2) is 4.39 Å². The van der Waals surface area contributed by atoms with Gasteiger partial charge in [0.05, 0.1) is 6.54 Å². The van der Waals surface area contributed by atoms with Gasteiger partial charge in [-0.2, -0.15) is 0 Å². The van der Waals surface area contributed by atoms with Gasteiger partial charge in [0.1, 0.15) is 17.2 Å². The van der Waals surface area contributed by atoms with Gasteiger partial charge in [-0.15, -0.1) is 13.2 Å². The second kappa shape index (κ2) is 7.74. The van der Waals surface area contributed by atoms with Crippen LogP contribution in [0.25, 0.3) is 0 Å². The molecule has 1 atom stereocenters. The molecule has 0 saturated carbocycles. The van der Waals surface area contributed by atoms with Crippen molar-refractivity contribution in [1.82, 2.24) is 5.32 Å². The number of hydrogen-bond acceptors (Lipinski definition) is 3. The third kappa shape index (κ3) is 4.95. The summed E-state index contributed by atoms with van der Waals surface area (Å²) < 4.78 is 59.5. The summed E-state index contributed by atoms with van der Waals surface area (Å²) in [6, 6.07) is 10.5. The summed E-state index contributed by atoms with van der Waals surface area (Å²) in [5, 5.41) is 2.59. The molecule has 0 aromatic heterocycles. The summed E-state index contributed by atoms with van der Waals surface area (Å²) in [4.78, 5) is 12.2. The number of alkyl halides is 3. The number of hydrogen-bond donors (Lipinski definition) is 1. The van der Waals surface area contributed by atoms with E-state index in [4.69, 9.17) is 4.74 Å². The third-order valence-electron chi connectivity index (χ3n) is 3.83. The standard InChI is InChI=1S/C18H17F4NO3/c1-17(25-2,14-5-3-4-6-15(14)19)11-23-16(24)12-7-9-13(10-8-12)26-18(20,21)22/h3-10H,11H2,1-2H3,(H,23,24). The lowest BCUT2D eigenvalue weighted by atomic mass is 9.95. The molecule has 8 heteroatoms. The fraction of sp³-hybridized carbons (Fsp3) is 0.278. The van der Waals surface area contributed by atoms with Crippen LogP contribution in [0.4, 0.5) is 17.6 Å². The predicted octanol–water partition coefficient (Wildman–Crippen LogP) is 4.02. The maximum absolute atomic E-state index is 14.0. The van der Waals surface area contributed by atoms with Gasteiger partial charge >= 0.3 is 6.36 Å². The zero-order valence-corrected chi connectivity index (χ0v) is 14.1. The van der Waals surface area contributed by atoms with E-state index in [1.54, 1.807) is 19.1 Å². The molecule has 1 N–H and O–H groups in total. The number of nitrogens with one attached hydrogen (secondary N) is 1. The fourth-order valence-electron chi connectivity index (χ4n) is 2.33. The fourth-order valence-corrected chi connectivity index (χ4v) is 2.33. The number of amides is 1. The highest BCUT2D eigenvalue weighted by Gasteiger charge is 2.31. The second-order valence-corrected chi connectivity index (χ2v) is 5.67. The van der Waals surface area contributed by atoms with E-state index in [2.05, 4.69) is 10.1 Å². The summed E-state index contributed by atoms with van der Waals surface area (Å²) in [7, 11) is 1.39. The first-order valence-electron chi connectivity index (χ1n) is 7.59. The molecule has 26 heavy (non-hydrogen) atoms. The van der Waals surface area contributed by atoms with Crippen LogP contribution in [0.1, 0.15) is 22.8 Å². The number of rotatable bonds is 6. The molecule has 0 aliphatic rings. The number of methoxy groups -OCH3 is 1. The highest BCUT2D eigenvalue weighted by molar-refractivity contribution is 5.94. The largest absolute Gasteiger partial charge is 0.573 e. The van der Waals surface area contributed by atoms with Crippen LogP contribution in [0.5, 0.6) is 5.75 Å². The minimum absolute atomic E-state index is 0.0376. The maximum Gasteiger partial charge on any atom is 0.573 e. The van der Waals surface area contributed by atoms with Gasteiger partial charge in [0.15, 0.2) is 0 Å². The maximum atomic E-state index is 14.0. The molecule has 0 saturated heterocycles. The molecule has 0 heterocycles. The van der Waals surface area contributed by atoms with Crippen LogP contribution in [-0.4, -0.2) is 25.9 Å². The number of ether oxygens (including phenoxy) is 2. The molecule has 2 rings (SSSR count). The smallest absolute Gasteiger partial charge is 0.406 e. The van der Waals surface area contributed by atoms with Gasteiger partial charge in [0.25, 0.3) is 5.91 Å². The van der Waals surface area contributed by atoms with Crippen LogP contribution >= 0.6 is 0 Å². The Hall–Kier alpha value is -2.61. The summed E-state index contributed by atoms with van der Waals surface area (Å²) in [6.07, 6.45) is -4.80. The molecule has 1 unspecified atom stereocenters. The van der Waals surface area contributed by atoms with Gasteiger partial charge in [0.2, 0.25) is 0 Å². The van der Waals surface area contributed by atoms with Gasteiger partial charge in [-0.05, 0) is 37.3 Å². The topological polar surface area (TPSA) is 47.6 Å². The quantitative estimate of drug-likeness (QED) is 0.781. The molecule has 2 aromatic carbocycles. The van der Waals surface area contributed by atoms with Crippen molar-refractivity contribution < 1.29 is 31.8 Å². The van der Waals surface area contributed by atoms with E-state index in [-0.39, 0.29) is 17.7 Å². The van der Waals surface area contributed by atoms with Crippen molar-refractivity contribution in [2.45, 2.75) is 18.9 Å². The minimum atomic E-state index is -4.80. The zero-order chi connectivity index (χ0) is 19.4. The van der Waals surface area contributed by atoms with Crippen LogP contribution in [-0.2, 0) is 10.3 Å². The van der Waals surface area contributed by atoms with E-state index < -0.39 is 29.4 Å². The Morgan fingerprint density at radius 3 is 2.23 bits per heavy atom. The highest BCUT2D eigenvalue weighted by Crippen LogP contribution is 2.27. The van der Waals surface area contributed by atoms with Crippen molar-refractivity contribution in [1.29, 1.82) is 0 Å². The SMILES string of the molecule is COC(C)(CNC(=O)c1ccc(OC(F)(F)F)cc1)c1ccccc1F. The number of carbonyl (C=O) groups excluding carboxylic acids is 1. The van der Waals surface area contributed by atoms with Crippen molar-refractivity contribution in [3.8, 4) is 5.75 Å². The van der Waals surface area contributed by atoms with E-state index in [1.807, 2.05) is 0 Å².